The Morgan fingerprint density at radius 2 is 2.08 bits per heavy atom. The van der Waals surface area contributed by atoms with Crippen molar-refractivity contribution in [1.82, 2.24) is 0 Å². The van der Waals surface area contributed by atoms with Crippen molar-refractivity contribution >= 4 is 21.9 Å². The Labute approximate surface area is 79.7 Å². The van der Waals surface area contributed by atoms with Gasteiger partial charge in [-0.05, 0) is 30.7 Å². The lowest BCUT2D eigenvalue weighted by atomic mass is 10.2. The molecule has 0 aliphatic heterocycles. The van der Waals surface area contributed by atoms with Crippen molar-refractivity contribution in [3.8, 4) is 5.75 Å². The number of hydrogen-bond donors (Lipinski definition) is 0. The molecule has 0 aliphatic carbocycles. The molecule has 0 heterocycles. The number of aryl methyl sites for hydroxylation is 1. The van der Waals surface area contributed by atoms with E-state index >= 15 is 0 Å². The molecule has 1 rings (SSSR count). The molecule has 0 saturated heterocycles. The molecule has 0 aromatic heterocycles. The molecular formula is C9H9BrO2. The Kier molecular flexibility index (Phi) is 2.87. The van der Waals surface area contributed by atoms with E-state index in [0.29, 0.717) is 5.75 Å². The topological polar surface area (TPSA) is 26.3 Å². The van der Waals surface area contributed by atoms with Crippen LogP contribution in [0.2, 0.25) is 0 Å². The molecule has 0 unspecified atom stereocenters. The van der Waals surface area contributed by atoms with Crippen LogP contribution in [0.5, 0.6) is 5.75 Å². The molecule has 12 heavy (non-hydrogen) atoms. The Bertz CT molecular complexity index is 287. The molecule has 0 atom stereocenters. The van der Waals surface area contributed by atoms with E-state index in [4.69, 9.17) is 4.74 Å². The van der Waals surface area contributed by atoms with Crippen LogP contribution in [0.4, 0.5) is 0 Å². The summed E-state index contributed by atoms with van der Waals surface area (Å²) < 4.78 is 5.82. The summed E-state index contributed by atoms with van der Waals surface area (Å²) in [7, 11) is 0. The fourth-order valence-corrected chi connectivity index (χ4v) is 1.51. The van der Waals surface area contributed by atoms with Gasteiger partial charge in [0.25, 0.3) is 0 Å². The third-order valence-corrected chi connectivity index (χ3v) is 1.74. The van der Waals surface area contributed by atoms with Crippen molar-refractivity contribution in [2.24, 2.45) is 0 Å². The van der Waals surface area contributed by atoms with Gasteiger partial charge in [0.15, 0.2) is 0 Å². The Balaban J connectivity index is 2.93. The van der Waals surface area contributed by atoms with Crippen molar-refractivity contribution in [1.29, 1.82) is 0 Å². The second-order valence-electron chi connectivity index (χ2n) is 2.56. The van der Waals surface area contributed by atoms with Gasteiger partial charge in [0.2, 0.25) is 0 Å². The summed E-state index contributed by atoms with van der Waals surface area (Å²) in [6.45, 7) is 3.33. The average Bonchev–Trinajstić information content (AvgIpc) is 1.81. The molecule has 0 spiro atoms. The fraction of sp³-hybridized carbons (Fsp3) is 0.222. The number of halogens is 1. The second-order valence-corrected chi connectivity index (χ2v) is 3.47. The zero-order valence-electron chi connectivity index (χ0n) is 6.93. The van der Waals surface area contributed by atoms with Gasteiger partial charge in [-0.2, -0.15) is 0 Å². The molecular weight excluding hydrogens is 220 g/mol. The smallest absolute Gasteiger partial charge is 0.308 e. The second kappa shape index (κ2) is 3.72. The van der Waals surface area contributed by atoms with Crippen molar-refractivity contribution in [2.75, 3.05) is 0 Å². The summed E-state index contributed by atoms with van der Waals surface area (Å²) in [4.78, 5) is 10.6. The summed E-state index contributed by atoms with van der Waals surface area (Å²) in [5, 5.41) is 0. The predicted molar refractivity (Wildman–Crippen MR) is 50.2 cm³/mol. The molecule has 0 fully saturated rings. The maximum absolute atomic E-state index is 10.6. The van der Waals surface area contributed by atoms with Gasteiger partial charge in [-0.1, -0.05) is 15.9 Å². The number of ether oxygens (including phenoxy) is 1. The zero-order chi connectivity index (χ0) is 9.14. The summed E-state index contributed by atoms with van der Waals surface area (Å²) in [5.74, 6) is 0.280. The van der Waals surface area contributed by atoms with Crippen molar-refractivity contribution in [2.45, 2.75) is 13.8 Å². The molecule has 2 nitrogen and oxygen atoms in total. The maximum atomic E-state index is 10.6. The first-order valence-corrected chi connectivity index (χ1v) is 4.33. The predicted octanol–water partition coefficient (Wildman–Crippen LogP) is 2.68. The van der Waals surface area contributed by atoms with Gasteiger partial charge in [-0.25, -0.2) is 0 Å². The van der Waals surface area contributed by atoms with E-state index in [1.54, 1.807) is 6.07 Å². The first-order valence-electron chi connectivity index (χ1n) is 3.53. The van der Waals surface area contributed by atoms with Crippen LogP contribution in [0.3, 0.4) is 0 Å². The van der Waals surface area contributed by atoms with E-state index in [9.17, 15) is 4.79 Å². The SMILES string of the molecule is CC(=O)Oc1cc(C)cc(Br)c1. The lowest BCUT2D eigenvalue weighted by molar-refractivity contribution is -0.131. The van der Waals surface area contributed by atoms with Gasteiger partial charge in [0, 0.05) is 11.4 Å². The maximum Gasteiger partial charge on any atom is 0.308 e. The van der Waals surface area contributed by atoms with Crippen LogP contribution in [0.15, 0.2) is 22.7 Å². The minimum atomic E-state index is -0.299. The Hall–Kier alpha value is -0.830. The van der Waals surface area contributed by atoms with Gasteiger partial charge in [-0.15, -0.1) is 0 Å². The fourth-order valence-electron chi connectivity index (χ4n) is 0.928. The quantitative estimate of drug-likeness (QED) is 0.546. The molecule has 0 bridgehead atoms. The number of carbonyl (C=O) groups is 1. The first-order chi connectivity index (χ1) is 5.58. The Morgan fingerprint density at radius 1 is 1.42 bits per heavy atom. The van der Waals surface area contributed by atoms with Crippen molar-refractivity contribution in [3.63, 3.8) is 0 Å². The van der Waals surface area contributed by atoms with Crippen molar-refractivity contribution in [3.05, 3.63) is 28.2 Å². The van der Waals surface area contributed by atoms with E-state index in [1.165, 1.54) is 6.92 Å². The van der Waals surface area contributed by atoms with E-state index in [-0.39, 0.29) is 5.97 Å². The van der Waals surface area contributed by atoms with Crippen LogP contribution in [-0.4, -0.2) is 5.97 Å². The molecule has 0 aliphatic rings. The molecule has 0 radical (unpaired) electrons. The summed E-state index contributed by atoms with van der Waals surface area (Å²) in [6, 6.07) is 5.52. The summed E-state index contributed by atoms with van der Waals surface area (Å²) in [6.07, 6.45) is 0. The van der Waals surface area contributed by atoms with E-state index < -0.39 is 0 Å². The number of rotatable bonds is 1. The highest BCUT2D eigenvalue weighted by Gasteiger charge is 1.99. The van der Waals surface area contributed by atoms with Crippen LogP contribution in [0.25, 0.3) is 0 Å². The van der Waals surface area contributed by atoms with Gasteiger partial charge >= 0.3 is 5.97 Å². The molecule has 0 N–H and O–H groups in total. The third-order valence-electron chi connectivity index (χ3n) is 1.28. The molecule has 1 aromatic carbocycles. The molecule has 0 saturated carbocycles. The van der Waals surface area contributed by atoms with Crippen molar-refractivity contribution < 1.29 is 9.53 Å². The standard InChI is InChI=1S/C9H9BrO2/c1-6-3-8(10)5-9(4-6)12-7(2)11/h3-5H,1-2H3. The molecule has 1 aromatic rings. The number of carbonyl (C=O) groups excluding carboxylic acids is 1. The van der Waals surface area contributed by atoms with Crippen LogP contribution < -0.4 is 4.74 Å². The molecule has 0 amide bonds. The number of benzene rings is 1. The highest BCUT2D eigenvalue weighted by Crippen LogP contribution is 2.20. The molecule has 3 heteroatoms. The van der Waals surface area contributed by atoms with E-state index in [2.05, 4.69) is 15.9 Å². The summed E-state index contributed by atoms with van der Waals surface area (Å²) >= 11 is 3.31. The number of esters is 1. The lowest BCUT2D eigenvalue weighted by Crippen LogP contribution is -2.01. The van der Waals surface area contributed by atoms with E-state index in [1.807, 2.05) is 19.1 Å². The Morgan fingerprint density at radius 3 is 2.58 bits per heavy atom. The zero-order valence-corrected chi connectivity index (χ0v) is 8.51. The van der Waals surface area contributed by atoms with Gasteiger partial charge in [-0.3, -0.25) is 4.79 Å². The van der Waals surface area contributed by atoms with Crippen LogP contribution >= 0.6 is 15.9 Å². The van der Waals surface area contributed by atoms with Crippen LogP contribution in [0, 0.1) is 6.92 Å². The third kappa shape index (κ3) is 2.66. The largest absolute Gasteiger partial charge is 0.427 e. The lowest BCUT2D eigenvalue weighted by Gasteiger charge is -2.02. The summed E-state index contributed by atoms with van der Waals surface area (Å²) in [5.41, 5.74) is 1.06. The minimum absolute atomic E-state index is 0.299. The van der Waals surface area contributed by atoms with Crippen LogP contribution in [-0.2, 0) is 4.79 Å². The van der Waals surface area contributed by atoms with Gasteiger partial charge in [0.1, 0.15) is 5.75 Å². The van der Waals surface area contributed by atoms with Crippen LogP contribution in [0.1, 0.15) is 12.5 Å². The number of hydrogen-bond acceptors (Lipinski definition) is 2. The molecule has 64 valence electrons. The van der Waals surface area contributed by atoms with E-state index in [0.717, 1.165) is 10.0 Å². The highest BCUT2D eigenvalue weighted by atomic mass is 79.9. The monoisotopic (exact) mass is 228 g/mol. The van der Waals surface area contributed by atoms with Gasteiger partial charge in [0.05, 0.1) is 0 Å². The average molecular weight is 229 g/mol. The normalized spacial score (nSPS) is 9.58. The minimum Gasteiger partial charge on any atom is -0.427 e. The van der Waals surface area contributed by atoms with Gasteiger partial charge < -0.3 is 4.74 Å². The first kappa shape index (κ1) is 9.26. The highest BCUT2D eigenvalue weighted by molar-refractivity contribution is 9.10.